The number of para-hydroxylation sites is 1. The average Bonchev–Trinajstić information content (AvgIpc) is 2.56. The number of carbonyl (C=O) groups excluding carboxylic acids is 2. The Balaban J connectivity index is 2.17. The third-order valence-electron chi connectivity index (χ3n) is 3.64. The van der Waals surface area contributed by atoms with Crippen LogP contribution in [-0.4, -0.2) is 17.9 Å². The summed E-state index contributed by atoms with van der Waals surface area (Å²) in [6.07, 6.45) is 0. The number of nitrogens with one attached hydrogen (secondary N) is 1. The fraction of sp³-hybridized carbons (Fsp3) is 0.263. The molecule has 0 aliphatic carbocycles. The Labute approximate surface area is 141 Å². The van der Waals surface area contributed by atoms with Crippen LogP contribution >= 0.6 is 0 Å². The molecule has 0 unspecified atom stereocenters. The first-order valence-corrected chi connectivity index (χ1v) is 7.83. The summed E-state index contributed by atoms with van der Waals surface area (Å²) < 4.78 is 5.32. The van der Waals surface area contributed by atoms with Crippen molar-refractivity contribution in [2.24, 2.45) is 11.7 Å². The zero-order valence-corrected chi connectivity index (χ0v) is 14.1. The minimum atomic E-state index is -0.738. The maximum Gasteiger partial charge on any atom is 0.328 e. The van der Waals surface area contributed by atoms with Crippen molar-refractivity contribution in [2.45, 2.75) is 26.8 Å². The molecule has 2 aromatic carbocycles. The van der Waals surface area contributed by atoms with E-state index >= 15 is 0 Å². The molecule has 0 bridgehead atoms. The van der Waals surface area contributed by atoms with Gasteiger partial charge in [-0.25, -0.2) is 4.79 Å². The Hall–Kier alpha value is -2.66. The number of esters is 1. The van der Waals surface area contributed by atoms with Gasteiger partial charge in [0.2, 0.25) is 0 Å². The fourth-order valence-corrected chi connectivity index (χ4v) is 2.03. The van der Waals surface area contributed by atoms with Crippen molar-refractivity contribution in [2.75, 3.05) is 5.32 Å². The minimum absolute atomic E-state index is 0.0500. The second-order valence-corrected chi connectivity index (χ2v) is 6.01. The van der Waals surface area contributed by atoms with E-state index in [0.717, 1.165) is 5.56 Å². The molecule has 0 heterocycles. The van der Waals surface area contributed by atoms with Gasteiger partial charge < -0.3 is 15.8 Å². The highest BCUT2D eigenvalue weighted by Gasteiger charge is 2.22. The van der Waals surface area contributed by atoms with E-state index < -0.39 is 12.0 Å². The lowest BCUT2D eigenvalue weighted by Gasteiger charge is -2.16. The number of rotatable bonds is 5. The summed E-state index contributed by atoms with van der Waals surface area (Å²) in [4.78, 5) is 24.5. The summed E-state index contributed by atoms with van der Waals surface area (Å²) in [5, 5.41) is 2.79. The summed E-state index contributed by atoms with van der Waals surface area (Å²) >= 11 is 0. The molecule has 24 heavy (non-hydrogen) atoms. The van der Waals surface area contributed by atoms with Crippen LogP contribution in [0.3, 0.4) is 0 Å². The molecule has 2 rings (SSSR count). The van der Waals surface area contributed by atoms with Gasteiger partial charge in [-0.2, -0.15) is 0 Å². The molecule has 1 amide bonds. The third kappa shape index (κ3) is 4.43. The normalized spacial score (nSPS) is 11.9. The first-order chi connectivity index (χ1) is 11.4. The van der Waals surface area contributed by atoms with E-state index in [0.29, 0.717) is 5.69 Å². The molecule has 5 nitrogen and oxygen atoms in total. The van der Waals surface area contributed by atoms with Crippen molar-refractivity contribution >= 4 is 17.6 Å². The van der Waals surface area contributed by atoms with E-state index in [1.54, 1.807) is 24.3 Å². The van der Waals surface area contributed by atoms with E-state index in [-0.39, 0.29) is 23.1 Å². The van der Waals surface area contributed by atoms with Crippen LogP contribution in [0.4, 0.5) is 5.69 Å². The minimum Gasteiger partial charge on any atom is -0.425 e. The number of aryl methyl sites for hydroxylation is 1. The topological polar surface area (TPSA) is 81.4 Å². The van der Waals surface area contributed by atoms with Crippen LogP contribution in [0, 0.1) is 12.8 Å². The Morgan fingerprint density at radius 1 is 1.04 bits per heavy atom. The molecular weight excluding hydrogens is 304 g/mol. The number of amides is 1. The summed E-state index contributed by atoms with van der Waals surface area (Å²) in [6, 6.07) is 13.3. The Bertz CT molecular complexity index is 724. The summed E-state index contributed by atoms with van der Waals surface area (Å²) in [6.45, 7) is 5.64. The van der Waals surface area contributed by atoms with E-state index in [4.69, 9.17) is 10.5 Å². The van der Waals surface area contributed by atoms with Gasteiger partial charge in [0.1, 0.15) is 11.8 Å². The molecule has 0 aromatic heterocycles. The van der Waals surface area contributed by atoms with Gasteiger partial charge in [-0.05, 0) is 37.1 Å². The van der Waals surface area contributed by atoms with E-state index in [1.807, 2.05) is 45.0 Å². The summed E-state index contributed by atoms with van der Waals surface area (Å²) in [5.74, 6) is -0.754. The lowest BCUT2D eigenvalue weighted by molar-refractivity contribution is -0.136. The Morgan fingerprint density at radius 3 is 2.29 bits per heavy atom. The van der Waals surface area contributed by atoms with E-state index in [2.05, 4.69) is 5.32 Å². The number of hydrogen-bond donors (Lipinski definition) is 2. The lowest BCUT2D eigenvalue weighted by atomic mass is 10.1. The Kier molecular flexibility index (Phi) is 5.71. The SMILES string of the molecule is Cc1ccc(NC(=O)c2ccccc2OC(=O)[C@@H](N)C(C)C)cc1. The molecular formula is C19H22N2O3. The average molecular weight is 326 g/mol. The van der Waals surface area contributed by atoms with Crippen molar-refractivity contribution in [1.82, 2.24) is 0 Å². The predicted molar refractivity (Wildman–Crippen MR) is 94.0 cm³/mol. The molecule has 3 N–H and O–H groups in total. The predicted octanol–water partition coefficient (Wildman–Crippen LogP) is 3.14. The molecule has 0 radical (unpaired) electrons. The number of nitrogens with two attached hydrogens (primary N) is 1. The van der Waals surface area contributed by atoms with Crippen LogP contribution in [-0.2, 0) is 4.79 Å². The van der Waals surface area contributed by atoms with Gasteiger partial charge in [0.05, 0.1) is 5.56 Å². The molecule has 0 spiro atoms. The fourth-order valence-electron chi connectivity index (χ4n) is 2.03. The van der Waals surface area contributed by atoms with Gasteiger partial charge in [-0.15, -0.1) is 0 Å². The smallest absolute Gasteiger partial charge is 0.328 e. The standard InChI is InChI=1S/C19H22N2O3/c1-12(2)17(20)19(23)24-16-7-5-4-6-15(16)18(22)21-14-10-8-13(3)9-11-14/h4-12,17H,20H2,1-3H3,(H,21,22)/t17-/m0/s1. The van der Waals surface area contributed by atoms with Crippen LogP contribution < -0.4 is 15.8 Å². The molecule has 1 atom stereocenters. The number of carbonyl (C=O) groups is 2. The zero-order chi connectivity index (χ0) is 17.7. The molecule has 0 aliphatic rings. The first kappa shape index (κ1) is 17.7. The second-order valence-electron chi connectivity index (χ2n) is 6.01. The van der Waals surface area contributed by atoms with Crippen LogP contribution in [0.15, 0.2) is 48.5 Å². The van der Waals surface area contributed by atoms with Crippen molar-refractivity contribution < 1.29 is 14.3 Å². The highest BCUT2D eigenvalue weighted by atomic mass is 16.5. The number of anilines is 1. The first-order valence-electron chi connectivity index (χ1n) is 7.83. The second kappa shape index (κ2) is 7.75. The molecule has 5 heteroatoms. The number of benzene rings is 2. The molecule has 0 saturated carbocycles. The van der Waals surface area contributed by atoms with E-state index in [1.165, 1.54) is 0 Å². The van der Waals surface area contributed by atoms with Gasteiger partial charge in [0.15, 0.2) is 0 Å². The Morgan fingerprint density at radius 2 is 1.67 bits per heavy atom. The highest BCUT2D eigenvalue weighted by molar-refractivity contribution is 6.06. The van der Waals surface area contributed by atoms with Crippen molar-refractivity contribution in [3.63, 3.8) is 0 Å². The van der Waals surface area contributed by atoms with Gasteiger partial charge in [-0.3, -0.25) is 4.79 Å². The number of ether oxygens (including phenoxy) is 1. The van der Waals surface area contributed by atoms with Gasteiger partial charge in [0.25, 0.3) is 5.91 Å². The molecule has 0 aliphatic heterocycles. The zero-order valence-electron chi connectivity index (χ0n) is 14.1. The van der Waals surface area contributed by atoms with Gasteiger partial charge in [-0.1, -0.05) is 43.7 Å². The monoisotopic (exact) mass is 326 g/mol. The molecule has 0 saturated heterocycles. The molecule has 2 aromatic rings. The highest BCUT2D eigenvalue weighted by Crippen LogP contribution is 2.21. The van der Waals surface area contributed by atoms with Gasteiger partial charge in [0, 0.05) is 5.69 Å². The van der Waals surface area contributed by atoms with Crippen LogP contribution in [0.5, 0.6) is 5.75 Å². The maximum absolute atomic E-state index is 12.5. The number of hydrogen-bond acceptors (Lipinski definition) is 4. The van der Waals surface area contributed by atoms with E-state index in [9.17, 15) is 9.59 Å². The van der Waals surface area contributed by atoms with Crippen molar-refractivity contribution in [3.8, 4) is 5.75 Å². The van der Waals surface area contributed by atoms with Crippen molar-refractivity contribution in [3.05, 3.63) is 59.7 Å². The summed E-state index contributed by atoms with van der Waals surface area (Å²) in [7, 11) is 0. The van der Waals surface area contributed by atoms with Crippen molar-refractivity contribution in [1.29, 1.82) is 0 Å². The molecule has 126 valence electrons. The quantitative estimate of drug-likeness (QED) is 0.653. The summed E-state index contributed by atoms with van der Waals surface area (Å²) in [5.41, 5.74) is 7.85. The maximum atomic E-state index is 12.5. The molecule has 0 fully saturated rings. The van der Waals surface area contributed by atoms with Gasteiger partial charge >= 0.3 is 5.97 Å². The van der Waals surface area contributed by atoms with Crippen LogP contribution in [0.2, 0.25) is 0 Å². The van der Waals surface area contributed by atoms with Crippen LogP contribution in [0.1, 0.15) is 29.8 Å². The lowest BCUT2D eigenvalue weighted by Crippen LogP contribution is -2.38. The largest absolute Gasteiger partial charge is 0.425 e. The third-order valence-corrected chi connectivity index (χ3v) is 3.64. The van der Waals surface area contributed by atoms with Crippen LogP contribution in [0.25, 0.3) is 0 Å².